The summed E-state index contributed by atoms with van der Waals surface area (Å²) in [5.41, 5.74) is 6.13. The van der Waals surface area contributed by atoms with Crippen molar-refractivity contribution in [1.82, 2.24) is 30.5 Å². The summed E-state index contributed by atoms with van der Waals surface area (Å²) in [6.45, 7) is 1.05. The maximum Gasteiger partial charge on any atom is 0.252 e. The van der Waals surface area contributed by atoms with Crippen molar-refractivity contribution in [2.75, 3.05) is 35.4 Å². The summed E-state index contributed by atoms with van der Waals surface area (Å²) in [6.07, 6.45) is 2.93. The van der Waals surface area contributed by atoms with E-state index in [0.29, 0.717) is 35.9 Å². The van der Waals surface area contributed by atoms with Gasteiger partial charge in [0.2, 0.25) is 0 Å². The average Bonchev–Trinajstić information content (AvgIpc) is 2.76. The molecule has 10 nitrogen and oxygen atoms in total. The summed E-state index contributed by atoms with van der Waals surface area (Å²) in [6, 6.07) is 6.58. The second-order valence-corrected chi connectivity index (χ2v) is 8.54. The van der Waals surface area contributed by atoms with Gasteiger partial charge >= 0.3 is 0 Å². The van der Waals surface area contributed by atoms with E-state index in [1.165, 1.54) is 12.4 Å². The van der Waals surface area contributed by atoms with Crippen LogP contribution in [0.15, 0.2) is 36.7 Å². The lowest BCUT2D eigenvalue weighted by Gasteiger charge is -2.07. The Morgan fingerprint density at radius 1 is 0.767 bits per heavy atom. The van der Waals surface area contributed by atoms with Gasteiger partial charge in [-0.05, 0) is 47.8 Å². The van der Waals surface area contributed by atoms with Crippen LogP contribution in [0.5, 0.6) is 0 Å². The molecule has 0 spiro atoms. The first-order valence-electron chi connectivity index (χ1n) is 8.60. The average molecular weight is 491 g/mol. The van der Waals surface area contributed by atoms with Crippen LogP contribution < -0.4 is 31.4 Å². The number of carbonyl (C=O) groups excluding carboxylic acids is 2. The monoisotopic (exact) mass is 490 g/mol. The van der Waals surface area contributed by atoms with Crippen LogP contribution in [0.1, 0.15) is 20.7 Å². The van der Waals surface area contributed by atoms with Crippen LogP contribution in [0.4, 0.5) is 11.6 Å². The largest absolute Gasteiger partial charge is 0.351 e. The molecule has 0 aliphatic rings. The third kappa shape index (κ3) is 8.81. The molecule has 6 N–H and O–H groups in total. The Hall–Kier alpha value is -1.96. The smallest absolute Gasteiger partial charge is 0.252 e. The first-order chi connectivity index (χ1) is 14.6. The number of nitrogens with one attached hydrogen (secondary N) is 6. The number of rotatable bonds is 13. The highest BCUT2D eigenvalue weighted by Crippen LogP contribution is 2.19. The van der Waals surface area contributed by atoms with Crippen LogP contribution >= 0.6 is 45.1 Å². The van der Waals surface area contributed by atoms with Crippen LogP contribution in [0.2, 0.25) is 0 Å². The van der Waals surface area contributed by atoms with Crippen molar-refractivity contribution >= 4 is 68.6 Å². The molecule has 0 saturated heterocycles. The Balaban J connectivity index is 1.53. The van der Waals surface area contributed by atoms with Gasteiger partial charge in [0.25, 0.3) is 11.8 Å². The molecule has 2 aromatic rings. The molecule has 0 unspecified atom stereocenters. The summed E-state index contributed by atoms with van der Waals surface area (Å²) in [5, 5.41) is 5.65. The maximum atomic E-state index is 12.0. The van der Waals surface area contributed by atoms with Gasteiger partial charge in [0, 0.05) is 37.0 Å². The summed E-state index contributed by atoms with van der Waals surface area (Å²) >= 11 is 10.6. The Morgan fingerprint density at radius 2 is 1.20 bits per heavy atom. The molecule has 0 aliphatic carbocycles. The van der Waals surface area contributed by atoms with Crippen molar-refractivity contribution in [3.63, 3.8) is 0 Å². The zero-order valence-electron chi connectivity index (χ0n) is 15.6. The highest BCUT2D eigenvalue weighted by atomic mass is 35.5. The number of amides is 2. The predicted molar refractivity (Wildman–Crippen MR) is 123 cm³/mol. The lowest BCUT2D eigenvalue weighted by atomic mass is 10.2. The minimum absolute atomic E-state index is 0.192. The molecule has 0 saturated carbocycles. The molecule has 2 amide bonds. The Morgan fingerprint density at radius 3 is 1.53 bits per heavy atom. The second-order valence-electron chi connectivity index (χ2n) is 5.46. The van der Waals surface area contributed by atoms with E-state index in [0.717, 1.165) is 11.5 Å². The molecular weight excluding hydrogens is 471 g/mol. The van der Waals surface area contributed by atoms with E-state index in [4.69, 9.17) is 23.6 Å². The van der Waals surface area contributed by atoms with Gasteiger partial charge in [0.05, 0.1) is 11.1 Å². The Kier molecular flexibility index (Phi) is 11.4. The van der Waals surface area contributed by atoms with Crippen LogP contribution in [-0.2, 0) is 0 Å². The molecule has 0 fully saturated rings. The first-order valence-corrected chi connectivity index (χ1v) is 11.8. The molecule has 0 bridgehead atoms. The van der Waals surface area contributed by atoms with E-state index >= 15 is 0 Å². The molecule has 14 heteroatoms. The van der Waals surface area contributed by atoms with Crippen LogP contribution in [0.25, 0.3) is 0 Å². The maximum absolute atomic E-state index is 12.0. The molecule has 2 heterocycles. The van der Waals surface area contributed by atoms with Gasteiger partial charge in [-0.15, -0.1) is 9.89 Å². The fourth-order valence-electron chi connectivity index (χ4n) is 2.04. The van der Waals surface area contributed by atoms with Crippen LogP contribution in [-0.4, -0.2) is 46.4 Å². The standard InChI is InChI=1S/C16H20Cl2N8O2S2/c17-25-23-13-3-1-11(9-21-13)15(27)19-5-7-29-30-8-6-20-16(28)12-2-4-14(22-10-12)24-26-18/h1-4,9-10,25-26H,5-8H2,(H,19,27)(H,20,28)(H,21,23)(H,22,24). The number of hydrazine groups is 2. The fraction of sp³-hybridized carbons (Fsp3) is 0.250. The summed E-state index contributed by atoms with van der Waals surface area (Å²) in [7, 11) is 3.23. The van der Waals surface area contributed by atoms with Crippen LogP contribution in [0, 0.1) is 0 Å². The van der Waals surface area contributed by atoms with Crippen molar-refractivity contribution in [3.8, 4) is 0 Å². The lowest BCUT2D eigenvalue weighted by molar-refractivity contribution is 0.0947. The molecule has 162 valence electrons. The van der Waals surface area contributed by atoms with Gasteiger partial charge < -0.3 is 10.6 Å². The molecule has 0 radical (unpaired) electrons. The fourth-order valence-corrected chi connectivity index (χ4v) is 4.04. The van der Waals surface area contributed by atoms with Crippen molar-refractivity contribution in [3.05, 3.63) is 47.8 Å². The molecule has 30 heavy (non-hydrogen) atoms. The van der Waals surface area contributed by atoms with Gasteiger partial charge in [-0.25, -0.2) is 9.97 Å². The van der Waals surface area contributed by atoms with E-state index in [9.17, 15) is 9.59 Å². The molecule has 2 rings (SSSR count). The number of pyridine rings is 2. The van der Waals surface area contributed by atoms with Crippen molar-refractivity contribution in [2.24, 2.45) is 0 Å². The molecule has 2 aromatic heterocycles. The minimum Gasteiger partial charge on any atom is -0.351 e. The van der Waals surface area contributed by atoms with E-state index in [1.807, 2.05) is 0 Å². The third-order valence-corrected chi connectivity index (χ3v) is 6.02. The van der Waals surface area contributed by atoms with E-state index < -0.39 is 0 Å². The number of hydrogen-bond donors (Lipinski definition) is 6. The Labute approximate surface area is 191 Å². The quantitative estimate of drug-likeness (QED) is 0.107. The molecule has 0 aliphatic heterocycles. The summed E-state index contributed by atoms with van der Waals surface area (Å²) in [5.74, 6) is 2.11. The van der Waals surface area contributed by atoms with Crippen molar-refractivity contribution in [1.29, 1.82) is 0 Å². The SMILES string of the molecule is O=C(NCCSSCCNC(=O)c1ccc(NNCl)nc1)c1ccc(NNCl)nc1. The lowest BCUT2D eigenvalue weighted by Crippen LogP contribution is -2.26. The Bertz CT molecular complexity index is 731. The second kappa shape index (κ2) is 14.1. The third-order valence-electron chi connectivity index (χ3n) is 3.43. The number of anilines is 2. The van der Waals surface area contributed by atoms with Gasteiger partial charge in [-0.1, -0.05) is 21.6 Å². The van der Waals surface area contributed by atoms with Gasteiger partial charge in [-0.3, -0.25) is 20.4 Å². The number of aromatic nitrogens is 2. The molecule has 0 aromatic carbocycles. The predicted octanol–water partition coefficient (Wildman–Crippen LogP) is 2.16. The number of nitrogens with zero attached hydrogens (tertiary/aromatic N) is 2. The van der Waals surface area contributed by atoms with Crippen LogP contribution in [0.3, 0.4) is 0 Å². The van der Waals surface area contributed by atoms with Crippen molar-refractivity contribution < 1.29 is 9.59 Å². The van der Waals surface area contributed by atoms with Gasteiger partial charge in [-0.2, -0.15) is 0 Å². The number of carbonyl (C=O) groups is 2. The summed E-state index contributed by atoms with van der Waals surface area (Å²) < 4.78 is 0. The van der Waals surface area contributed by atoms with E-state index in [1.54, 1.807) is 45.9 Å². The topological polar surface area (TPSA) is 132 Å². The summed E-state index contributed by atoms with van der Waals surface area (Å²) in [4.78, 5) is 36.6. The highest BCUT2D eigenvalue weighted by Gasteiger charge is 2.07. The number of hydrogen-bond acceptors (Lipinski definition) is 10. The normalized spacial score (nSPS) is 10.3. The molecular formula is C16H20Cl2N8O2S2. The van der Waals surface area contributed by atoms with Gasteiger partial charge in [0.15, 0.2) is 0 Å². The minimum atomic E-state index is -0.192. The molecule has 0 atom stereocenters. The zero-order chi connectivity index (χ0) is 21.6. The zero-order valence-corrected chi connectivity index (χ0v) is 18.7. The highest BCUT2D eigenvalue weighted by molar-refractivity contribution is 8.76. The van der Waals surface area contributed by atoms with E-state index in [-0.39, 0.29) is 11.8 Å². The first kappa shape index (κ1) is 24.3. The number of halogens is 2. The van der Waals surface area contributed by atoms with E-state index in [2.05, 4.69) is 41.3 Å². The van der Waals surface area contributed by atoms with Gasteiger partial charge in [0.1, 0.15) is 11.6 Å². The van der Waals surface area contributed by atoms with Crippen molar-refractivity contribution in [2.45, 2.75) is 0 Å².